The first-order valence-corrected chi connectivity index (χ1v) is 7.92. The lowest BCUT2D eigenvalue weighted by atomic mass is 10.1. The Hall–Kier alpha value is -3.10. The van der Waals surface area contributed by atoms with Crippen LogP contribution >= 0.6 is 0 Å². The number of hydrogen-bond donors (Lipinski definition) is 2. The van der Waals surface area contributed by atoms with Crippen LogP contribution in [-0.2, 0) is 16.0 Å². The summed E-state index contributed by atoms with van der Waals surface area (Å²) in [5.41, 5.74) is 1.15. The molecule has 2 aromatic rings. The SMILES string of the molecule is O=C(O)CCC(=O)CCc1nc(-c2ccc(OC(F)(F)F)cc2)ccc1O. The molecule has 0 saturated heterocycles. The summed E-state index contributed by atoms with van der Waals surface area (Å²) in [5.74, 6) is -1.82. The molecule has 0 spiro atoms. The third kappa shape index (κ3) is 6.61. The van der Waals surface area contributed by atoms with E-state index >= 15 is 0 Å². The van der Waals surface area contributed by atoms with Crippen LogP contribution in [0.25, 0.3) is 11.3 Å². The second-order valence-corrected chi connectivity index (χ2v) is 5.67. The Morgan fingerprint density at radius 3 is 2.26 bits per heavy atom. The Kier molecular flexibility index (Phi) is 6.38. The molecule has 0 atom stereocenters. The van der Waals surface area contributed by atoms with Gasteiger partial charge in [0.15, 0.2) is 0 Å². The van der Waals surface area contributed by atoms with E-state index in [0.717, 1.165) is 12.1 Å². The van der Waals surface area contributed by atoms with Gasteiger partial charge in [-0.1, -0.05) is 0 Å². The lowest BCUT2D eigenvalue weighted by molar-refractivity contribution is -0.274. The van der Waals surface area contributed by atoms with Crippen molar-refractivity contribution in [2.75, 3.05) is 0 Å². The number of Topliss-reactive ketones (excluding diaryl/α,β-unsaturated/α-hetero) is 1. The Bertz CT molecular complexity index is 819. The van der Waals surface area contributed by atoms with E-state index in [4.69, 9.17) is 5.11 Å². The number of alkyl halides is 3. The Balaban J connectivity index is 2.08. The summed E-state index contributed by atoms with van der Waals surface area (Å²) >= 11 is 0. The van der Waals surface area contributed by atoms with Crippen molar-refractivity contribution in [3.05, 3.63) is 42.1 Å². The van der Waals surface area contributed by atoms with Crippen LogP contribution in [0.1, 0.15) is 25.0 Å². The first-order valence-electron chi connectivity index (χ1n) is 7.92. The van der Waals surface area contributed by atoms with Crippen molar-refractivity contribution in [1.29, 1.82) is 0 Å². The highest BCUT2D eigenvalue weighted by Gasteiger charge is 2.31. The van der Waals surface area contributed by atoms with Gasteiger partial charge in [0.25, 0.3) is 0 Å². The number of ketones is 1. The molecular formula is C18H16F3NO5. The number of hydrogen-bond acceptors (Lipinski definition) is 5. The fourth-order valence-corrected chi connectivity index (χ4v) is 2.30. The summed E-state index contributed by atoms with van der Waals surface area (Å²) in [7, 11) is 0. The maximum absolute atomic E-state index is 12.2. The van der Waals surface area contributed by atoms with Gasteiger partial charge in [0.1, 0.15) is 17.3 Å². The smallest absolute Gasteiger partial charge is 0.506 e. The third-order valence-corrected chi connectivity index (χ3v) is 3.59. The molecule has 0 amide bonds. The number of benzene rings is 1. The predicted octanol–water partition coefficient (Wildman–Crippen LogP) is 3.72. The number of halogens is 3. The van der Waals surface area contributed by atoms with Crippen LogP contribution in [0.4, 0.5) is 13.2 Å². The molecule has 0 aliphatic carbocycles. The quantitative estimate of drug-likeness (QED) is 0.721. The number of aromatic nitrogens is 1. The maximum Gasteiger partial charge on any atom is 0.573 e. The number of pyridine rings is 1. The summed E-state index contributed by atoms with van der Waals surface area (Å²) in [6.07, 6.45) is -5.00. The minimum atomic E-state index is -4.78. The molecule has 2 N–H and O–H groups in total. The molecule has 0 radical (unpaired) electrons. The van der Waals surface area contributed by atoms with Crippen molar-refractivity contribution < 1.29 is 37.7 Å². The predicted molar refractivity (Wildman–Crippen MR) is 88.2 cm³/mol. The van der Waals surface area contributed by atoms with Crippen molar-refractivity contribution in [3.8, 4) is 22.8 Å². The van der Waals surface area contributed by atoms with Gasteiger partial charge in [-0.25, -0.2) is 4.98 Å². The molecule has 1 aromatic heterocycles. The van der Waals surface area contributed by atoms with Crippen LogP contribution in [0.2, 0.25) is 0 Å². The second-order valence-electron chi connectivity index (χ2n) is 5.67. The van der Waals surface area contributed by atoms with Crippen molar-refractivity contribution in [2.45, 2.75) is 32.0 Å². The highest BCUT2D eigenvalue weighted by atomic mass is 19.4. The highest BCUT2D eigenvalue weighted by Crippen LogP contribution is 2.27. The summed E-state index contributed by atoms with van der Waals surface area (Å²) in [6, 6.07) is 7.94. The maximum atomic E-state index is 12.2. The molecular weight excluding hydrogens is 367 g/mol. The molecule has 27 heavy (non-hydrogen) atoms. The summed E-state index contributed by atoms with van der Waals surface area (Å²) in [4.78, 5) is 26.4. The van der Waals surface area contributed by atoms with Gasteiger partial charge < -0.3 is 14.9 Å². The second kappa shape index (κ2) is 8.52. The van der Waals surface area contributed by atoms with Crippen molar-refractivity contribution in [1.82, 2.24) is 4.98 Å². The van der Waals surface area contributed by atoms with E-state index < -0.39 is 12.3 Å². The summed E-state index contributed by atoms with van der Waals surface area (Å²) in [5, 5.41) is 18.4. The number of rotatable bonds is 8. The monoisotopic (exact) mass is 383 g/mol. The Morgan fingerprint density at radius 1 is 1.00 bits per heavy atom. The standard InChI is InChI=1S/C18H16F3NO5/c19-18(20,21)27-13-5-1-11(2-6-13)14-8-9-16(24)15(22-14)7-3-12(23)4-10-17(25)26/h1-2,5-6,8-9,24H,3-4,7,10H2,(H,25,26). The van der Waals surface area contributed by atoms with Crippen molar-refractivity contribution in [3.63, 3.8) is 0 Å². The zero-order chi connectivity index (χ0) is 20.0. The van der Waals surface area contributed by atoms with Crippen molar-refractivity contribution >= 4 is 11.8 Å². The van der Waals surface area contributed by atoms with Crippen LogP contribution in [-0.4, -0.2) is 33.3 Å². The largest absolute Gasteiger partial charge is 0.573 e. The third-order valence-electron chi connectivity index (χ3n) is 3.59. The number of ether oxygens (including phenoxy) is 1. The summed E-state index contributed by atoms with van der Waals surface area (Å²) in [6.45, 7) is 0. The lowest BCUT2D eigenvalue weighted by Gasteiger charge is -2.10. The first-order chi connectivity index (χ1) is 12.6. The van der Waals surface area contributed by atoms with E-state index in [2.05, 4.69) is 9.72 Å². The van der Waals surface area contributed by atoms with E-state index in [-0.39, 0.29) is 48.7 Å². The fraction of sp³-hybridized carbons (Fsp3) is 0.278. The van der Waals surface area contributed by atoms with Crippen LogP contribution in [0.3, 0.4) is 0 Å². The molecule has 9 heteroatoms. The molecule has 2 rings (SSSR count). The van der Waals surface area contributed by atoms with E-state index in [9.17, 15) is 27.9 Å². The topological polar surface area (TPSA) is 96.7 Å². The van der Waals surface area contributed by atoms with E-state index in [1.54, 1.807) is 0 Å². The normalized spacial score (nSPS) is 11.2. The minimum absolute atomic E-state index is 0.0235. The number of nitrogens with zero attached hydrogens (tertiary/aromatic N) is 1. The van der Waals surface area contributed by atoms with Crippen LogP contribution in [0, 0.1) is 0 Å². The number of aryl methyl sites for hydroxylation is 1. The van der Waals surface area contributed by atoms with Gasteiger partial charge in [0.05, 0.1) is 17.8 Å². The molecule has 0 unspecified atom stereocenters. The average molecular weight is 383 g/mol. The minimum Gasteiger partial charge on any atom is -0.506 e. The summed E-state index contributed by atoms with van der Waals surface area (Å²) < 4.78 is 40.4. The first kappa shape index (κ1) is 20.2. The van der Waals surface area contributed by atoms with Gasteiger partial charge in [-0.3, -0.25) is 9.59 Å². The molecule has 1 heterocycles. The lowest BCUT2D eigenvalue weighted by Crippen LogP contribution is -2.16. The highest BCUT2D eigenvalue weighted by molar-refractivity contribution is 5.82. The van der Waals surface area contributed by atoms with Crippen molar-refractivity contribution in [2.24, 2.45) is 0 Å². The molecule has 6 nitrogen and oxygen atoms in total. The zero-order valence-corrected chi connectivity index (χ0v) is 14.0. The molecule has 0 fully saturated rings. The Morgan fingerprint density at radius 2 is 1.67 bits per heavy atom. The number of aliphatic carboxylic acids is 1. The number of carboxylic acid groups (broad SMARTS) is 1. The molecule has 0 aliphatic rings. The van der Waals surface area contributed by atoms with Crippen LogP contribution in [0.5, 0.6) is 11.5 Å². The van der Waals surface area contributed by atoms with Gasteiger partial charge in [-0.2, -0.15) is 0 Å². The molecule has 1 aromatic carbocycles. The average Bonchev–Trinajstić information content (AvgIpc) is 2.58. The number of carbonyl (C=O) groups is 2. The number of aromatic hydroxyl groups is 1. The van der Waals surface area contributed by atoms with Crippen LogP contribution in [0.15, 0.2) is 36.4 Å². The van der Waals surface area contributed by atoms with E-state index in [1.165, 1.54) is 24.3 Å². The van der Waals surface area contributed by atoms with E-state index in [0.29, 0.717) is 11.3 Å². The molecule has 0 saturated carbocycles. The molecule has 0 bridgehead atoms. The van der Waals surface area contributed by atoms with Gasteiger partial charge in [0, 0.05) is 24.8 Å². The van der Waals surface area contributed by atoms with Gasteiger partial charge in [-0.15, -0.1) is 13.2 Å². The zero-order valence-electron chi connectivity index (χ0n) is 14.0. The van der Waals surface area contributed by atoms with Crippen LogP contribution < -0.4 is 4.74 Å². The van der Waals surface area contributed by atoms with Gasteiger partial charge in [0.2, 0.25) is 0 Å². The molecule has 144 valence electrons. The fourth-order valence-electron chi connectivity index (χ4n) is 2.30. The number of carboxylic acids is 1. The van der Waals surface area contributed by atoms with Gasteiger partial charge >= 0.3 is 12.3 Å². The molecule has 0 aliphatic heterocycles. The van der Waals surface area contributed by atoms with Gasteiger partial charge in [-0.05, 0) is 36.4 Å². The Labute approximate surface area is 152 Å². The van der Waals surface area contributed by atoms with E-state index in [1.807, 2.05) is 0 Å². The number of carbonyl (C=O) groups excluding carboxylic acids is 1.